The lowest BCUT2D eigenvalue weighted by molar-refractivity contribution is 0.0600. The second-order valence-electron chi connectivity index (χ2n) is 6.75. The Bertz CT molecular complexity index is 1060. The number of anilines is 3. The number of ether oxygens (including phenoxy) is 1. The summed E-state index contributed by atoms with van der Waals surface area (Å²) in [6.45, 7) is 2.51. The second kappa shape index (κ2) is 7.19. The average molecular weight is 372 g/mol. The zero-order valence-corrected chi connectivity index (χ0v) is 15.7. The Morgan fingerprint density at radius 2 is 1.82 bits per heavy atom. The number of methoxy groups -OCH3 is 1. The van der Waals surface area contributed by atoms with Crippen molar-refractivity contribution in [3.63, 3.8) is 0 Å². The van der Waals surface area contributed by atoms with Crippen LogP contribution in [0.2, 0.25) is 0 Å². The quantitative estimate of drug-likeness (QED) is 0.675. The molecule has 0 aliphatic carbocycles. The number of fused-ring (bicyclic) bond motifs is 1. The van der Waals surface area contributed by atoms with Gasteiger partial charge in [-0.3, -0.25) is 4.79 Å². The van der Waals surface area contributed by atoms with E-state index in [-0.39, 0.29) is 11.9 Å². The van der Waals surface area contributed by atoms with Crippen LogP contribution < -0.4 is 10.2 Å². The highest BCUT2D eigenvalue weighted by molar-refractivity contribution is 6.10. The van der Waals surface area contributed by atoms with Gasteiger partial charge in [-0.25, -0.2) is 4.79 Å². The van der Waals surface area contributed by atoms with Crippen molar-refractivity contribution >= 4 is 28.9 Å². The summed E-state index contributed by atoms with van der Waals surface area (Å²) < 4.78 is 4.80. The number of nitrogens with zero attached hydrogens (tertiary/aromatic N) is 1. The summed E-state index contributed by atoms with van der Waals surface area (Å²) in [5.74, 6) is -0.363. The molecule has 140 valence electrons. The van der Waals surface area contributed by atoms with E-state index in [4.69, 9.17) is 4.74 Å². The molecule has 0 spiro atoms. The van der Waals surface area contributed by atoms with Crippen LogP contribution >= 0.6 is 0 Å². The van der Waals surface area contributed by atoms with E-state index in [0.717, 1.165) is 33.8 Å². The van der Waals surface area contributed by atoms with E-state index in [0.29, 0.717) is 12.1 Å². The third-order valence-electron chi connectivity index (χ3n) is 4.91. The fraction of sp³-hybridized carbons (Fsp3) is 0.130. The van der Waals surface area contributed by atoms with Gasteiger partial charge in [-0.05, 0) is 60.5 Å². The van der Waals surface area contributed by atoms with E-state index in [1.807, 2.05) is 61.5 Å². The first-order valence-electron chi connectivity index (χ1n) is 9.02. The number of benzene rings is 3. The van der Waals surface area contributed by atoms with E-state index < -0.39 is 0 Å². The maximum absolute atomic E-state index is 12.7. The lowest BCUT2D eigenvalue weighted by Crippen LogP contribution is -2.22. The van der Waals surface area contributed by atoms with Crippen LogP contribution in [0.15, 0.2) is 66.7 Å². The fourth-order valence-electron chi connectivity index (χ4n) is 3.37. The summed E-state index contributed by atoms with van der Waals surface area (Å²) >= 11 is 0. The Balaban J connectivity index is 1.60. The Labute approximate surface area is 163 Å². The molecule has 1 aliphatic heterocycles. The van der Waals surface area contributed by atoms with Crippen molar-refractivity contribution in [3.8, 4) is 0 Å². The highest BCUT2D eigenvalue weighted by atomic mass is 16.5. The molecule has 0 radical (unpaired) electrons. The van der Waals surface area contributed by atoms with Crippen LogP contribution in [0.1, 0.15) is 31.8 Å². The number of esters is 1. The van der Waals surface area contributed by atoms with Crippen molar-refractivity contribution in [3.05, 3.63) is 89.0 Å². The molecule has 1 heterocycles. The molecule has 1 amide bonds. The van der Waals surface area contributed by atoms with Gasteiger partial charge in [0.15, 0.2) is 0 Å². The van der Waals surface area contributed by atoms with Gasteiger partial charge in [0.1, 0.15) is 0 Å². The van der Waals surface area contributed by atoms with Crippen molar-refractivity contribution in [1.82, 2.24) is 0 Å². The van der Waals surface area contributed by atoms with Crippen molar-refractivity contribution in [2.75, 3.05) is 17.3 Å². The van der Waals surface area contributed by atoms with Crippen molar-refractivity contribution < 1.29 is 14.3 Å². The Hall–Kier alpha value is -3.60. The largest absolute Gasteiger partial charge is 0.465 e. The number of hydrogen-bond donors (Lipinski definition) is 1. The first-order valence-corrected chi connectivity index (χ1v) is 9.02. The molecule has 0 unspecified atom stereocenters. The molecule has 0 atom stereocenters. The molecule has 0 fully saturated rings. The number of aryl methyl sites for hydroxylation is 1. The molecule has 4 rings (SSSR count). The number of carbonyl (C=O) groups is 2. The van der Waals surface area contributed by atoms with Crippen LogP contribution in [0.25, 0.3) is 0 Å². The van der Waals surface area contributed by atoms with E-state index >= 15 is 0 Å². The number of rotatable bonds is 4. The minimum Gasteiger partial charge on any atom is -0.465 e. The molecule has 5 heteroatoms. The van der Waals surface area contributed by atoms with Gasteiger partial charge in [-0.15, -0.1) is 0 Å². The normalized spacial score (nSPS) is 12.6. The van der Waals surface area contributed by atoms with Gasteiger partial charge in [0.05, 0.1) is 19.2 Å². The predicted molar refractivity (Wildman–Crippen MR) is 109 cm³/mol. The summed E-state index contributed by atoms with van der Waals surface area (Å²) in [5, 5.41) is 3.35. The standard InChI is InChI=1S/C23H20N2O3/c1-15-8-9-16(23(27)28-2)13-21(15)24-18-10-11-20-17(12-18)14-25(22(20)26)19-6-4-3-5-7-19/h3-13,24H,14H2,1-2H3. The van der Waals surface area contributed by atoms with Crippen LogP contribution in [0, 0.1) is 6.92 Å². The van der Waals surface area contributed by atoms with E-state index in [9.17, 15) is 9.59 Å². The van der Waals surface area contributed by atoms with Gasteiger partial charge in [0.2, 0.25) is 0 Å². The average Bonchev–Trinajstić information content (AvgIpc) is 3.05. The fourth-order valence-corrected chi connectivity index (χ4v) is 3.37. The summed E-state index contributed by atoms with van der Waals surface area (Å²) in [6, 6.07) is 20.8. The van der Waals surface area contributed by atoms with Gasteiger partial charge in [0.25, 0.3) is 5.91 Å². The predicted octanol–water partition coefficient (Wildman–Crippen LogP) is 4.69. The van der Waals surface area contributed by atoms with Crippen LogP contribution in [0.5, 0.6) is 0 Å². The van der Waals surface area contributed by atoms with E-state index in [1.54, 1.807) is 17.0 Å². The molecule has 0 aromatic heterocycles. The highest BCUT2D eigenvalue weighted by Crippen LogP contribution is 2.31. The molecule has 3 aromatic rings. The van der Waals surface area contributed by atoms with Gasteiger partial charge < -0.3 is 15.0 Å². The molecule has 1 aliphatic rings. The smallest absolute Gasteiger partial charge is 0.337 e. The van der Waals surface area contributed by atoms with Crippen LogP contribution in [0.4, 0.5) is 17.1 Å². The summed E-state index contributed by atoms with van der Waals surface area (Å²) in [7, 11) is 1.37. The zero-order valence-electron chi connectivity index (χ0n) is 15.7. The molecule has 3 aromatic carbocycles. The van der Waals surface area contributed by atoms with Gasteiger partial charge in [-0.2, -0.15) is 0 Å². The maximum atomic E-state index is 12.7. The van der Waals surface area contributed by atoms with Crippen molar-refractivity contribution in [2.24, 2.45) is 0 Å². The minimum atomic E-state index is -0.374. The van der Waals surface area contributed by atoms with Crippen molar-refractivity contribution in [1.29, 1.82) is 0 Å². The number of carbonyl (C=O) groups excluding carboxylic acids is 2. The summed E-state index contributed by atoms with van der Waals surface area (Å²) in [5.41, 5.74) is 5.77. The van der Waals surface area contributed by atoms with Crippen LogP contribution in [-0.4, -0.2) is 19.0 Å². The zero-order chi connectivity index (χ0) is 19.7. The molecule has 0 saturated heterocycles. The third-order valence-corrected chi connectivity index (χ3v) is 4.91. The Kier molecular flexibility index (Phi) is 4.57. The third kappa shape index (κ3) is 3.22. The highest BCUT2D eigenvalue weighted by Gasteiger charge is 2.28. The van der Waals surface area contributed by atoms with E-state index in [1.165, 1.54) is 7.11 Å². The Morgan fingerprint density at radius 1 is 1.04 bits per heavy atom. The molecule has 0 bridgehead atoms. The second-order valence-corrected chi connectivity index (χ2v) is 6.75. The SMILES string of the molecule is COC(=O)c1ccc(C)c(Nc2ccc3c(c2)CN(c2ccccc2)C3=O)c1. The molecule has 5 nitrogen and oxygen atoms in total. The number of para-hydroxylation sites is 1. The Morgan fingerprint density at radius 3 is 2.57 bits per heavy atom. The number of nitrogens with one attached hydrogen (secondary N) is 1. The monoisotopic (exact) mass is 372 g/mol. The lowest BCUT2D eigenvalue weighted by atomic mass is 10.1. The number of hydrogen-bond acceptors (Lipinski definition) is 4. The van der Waals surface area contributed by atoms with Crippen molar-refractivity contribution in [2.45, 2.75) is 13.5 Å². The topological polar surface area (TPSA) is 58.6 Å². The van der Waals surface area contributed by atoms with Crippen LogP contribution in [0.3, 0.4) is 0 Å². The molecule has 0 saturated carbocycles. The maximum Gasteiger partial charge on any atom is 0.337 e. The minimum absolute atomic E-state index is 0.0108. The number of amides is 1. The van der Waals surface area contributed by atoms with Gasteiger partial charge >= 0.3 is 5.97 Å². The molecule has 28 heavy (non-hydrogen) atoms. The molecule has 1 N–H and O–H groups in total. The summed E-state index contributed by atoms with van der Waals surface area (Å²) in [6.07, 6.45) is 0. The van der Waals surface area contributed by atoms with Crippen LogP contribution in [-0.2, 0) is 11.3 Å². The molecular formula is C23H20N2O3. The van der Waals surface area contributed by atoms with E-state index in [2.05, 4.69) is 5.32 Å². The lowest BCUT2D eigenvalue weighted by Gasteiger charge is -2.15. The van der Waals surface area contributed by atoms with Gasteiger partial charge in [-0.1, -0.05) is 24.3 Å². The van der Waals surface area contributed by atoms with Gasteiger partial charge in [0, 0.05) is 22.6 Å². The first-order chi connectivity index (χ1) is 13.6. The molecular weight excluding hydrogens is 352 g/mol. The summed E-state index contributed by atoms with van der Waals surface area (Å²) in [4.78, 5) is 26.3. The first kappa shape index (κ1) is 17.8.